The van der Waals surface area contributed by atoms with Crippen LogP contribution in [0.3, 0.4) is 0 Å². The molecular weight excluding hydrogens is 484 g/mol. The molecule has 1 fully saturated rings. The van der Waals surface area contributed by atoms with Crippen molar-refractivity contribution < 1.29 is 13.2 Å². The maximum atomic E-state index is 13.4. The zero-order valence-corrected chi connectivity index (χ0v) is 21.2. The number of piperazine rings is 1. The van der Waals surface area contributed by atoms with Crippen LogP contribution in [0.2, 0.25) is 0 Å². The van der Waals surface area contributed by atoms with E-state index in [-0.39, 0.29) is 10.6 Å². The van der Waals surface area contributed by atoms with Crippen LogP contribution < -0.4 is 15.7 Å². The van der Waals surface area contributed by atoms with Gasteiger partial charge < -0.3 is 15.0 Å². The van der Waals surface area contributed by atoms with Crippen LogP contribution in [0, 0.1) is 0 Å². The number of rotatable bonds is 9. The Kier molecular flexibility index (Phi) is 6.77. The largest absolute Gasteiger partial charge is 0.493 e. The van der Waals surface area contributed by atoms with E-state index in [2.05, 4.69) is 27.4 Å². The summed E-state index contributed by atoms with van der Waals surface area (Å²) in [4.78, 5) is 21.3. The smallest absolute Gasteiger partial charge is 0.336 e. The lowest BCUT2D eigenvalue weighted by molar-refractivity contribution is 0.318. The molecule has 36 heavy (non-hydrogen) atoms. The predicted molar refractivity (Wildman–Crippen MR) is 135 cm³/mol. The number of aromatic nitrogens is 6. The van der Waals surface area contributed by atoms with Gasteiger partial charge in [0.25, 0.3) is 0 Å². The molecule has 0 saturated carbocycles. The summed E-state index contributed by atoms with van der Waals surface area (Å²) in [5.74, 6) is 0.907. The van der Waals surface area contributed by atoms with Crippen molar-refractivity contribution in [2.24, 2.45) is 0 Å². The van der Waals surface area contributed by atoms with Crippen LogP contribution in [0.25, 0.3) is 28.2 Å². The van der Waals surface area contributed by atoms with Crippen molar-refractivity contribution in [1.29, 1.82) is 0 Å². The summed E-state index contributed by atoms with van der Waals surface area (Å²) < 4.78 is 37.2. The van der Waals surface area contributed by atoms with Crippen molar-refractivity contribution in [3.63, 3.8) is 0 Å². The zero-order chi connectivity index (χ0) is 25.3. The highest BCUT2D eigenvalue weighted by Gasteiger charge is 2.28. The Bertz CT molecular complexity index is 1550. The van der Waals surface area contributed by atoms with Crippen LogP contribution in [0.4, 0.5) is 0 Å². The van der Waals surface area contributed by atoms with E-state index >= 15 is 0 Å². The van der Waals surface area contributed by atoms with Gasteiger partial charge in [-0.3, -0.25) is 4.57 Å². The number of nitrogens with one attached hydrogen (secondary N) is 2. The lowest BCUT2D eigenvalue weighted by atomic mass is 10.2. The number of aromatic amines is 1. The second-order valence-corrected chi connectivity index (χ2v) is 10.7. The van der Waals surface area contributed by atoms with Crippen LogP contribution >= 0.6 is 0 Å². The predicted octanol–water partition coefficient (Wildman–Crippen LogP) is 1.62. The molecule has 0 spiro atoms. The monoisotopic (exact) mass is 514 g/mol. The van der Waals surface area contributed by atoms with Gasteiger partial charge in [-0.1, -0.05) is 20.3 Å². The third-order valence-corrected chi connectivity index (χ3v) is 8.16. The second-order valence-electron chi connectivity index (χ2n) is 8.76. The van der Waals surface area contributed by atoms with E-state index in [4.69, 9.17) is 9.72 Å². The van der Waals surface area contributed by atoms with Gasteiger partial charge in [-0.05, 0) is 31.0 Å². The van der Waals surface area contributed by atoms with Crippen molar-refractivity contribution in [2.45, 2.75) is 44.6 Å². The van der Waals surface area contributed by atoms with Crippen LogP contribution in [0.5, 0.6) is 5.75 Å². The van der Waals surface area contributed by atoms with Gasteiger partial charge >= 0.3 is 5.69 Å². The first-order valence-electron chi connectivity index (χ1n) is 12.3. The third-order valence-electron chi connectivity index (χ3n) is 6.27. The SMILES string of the molecule is CCCCn1c(=O)n2cnnc2c2[nH]c(-c3cc(S(=O)(=O)N4CCNCC4)ccc3OCCC)nc21. The molecule has 192 valence electrons. The molecule has 4 heterocycles. The van der Waals surface area contributed by atoms with E-state index in [1.165, 1.54) is 15.0 Å². The number of aryl methyl sites for hydroxylation is 1. The Hall–Kier alpha value is -3.29. The van der Waals surface area contributed by atoms with Crippen LogP contribution in [-0.2, 0) is 16.6 Å². The highest BCUT2D eigenvalue weighted by atomic mass is 32.2. The van der Waals surface area contributed by atoms with Gasteiger partial charge in [0.1, 0.15) is 23.4 Å². The van der Waals surface area contributed by atoms with E-state index in [0.717, 1.165) is 19.3 Å². The number of ether oxygens (including phenoxy) is 1. The lowest BCUT2D eigenvalue weighted by Gasteiger charge is -2.26. The quantitative estimate of drug-likeness (QED) is 0.343. The number of unbranched alkanes of at least 4 members (excludes halogenated alkanes) is 1. The first-order chi connectivity index (χ1) is 17.5. The molecular formula is C23H30N8O4S. The van der Waals surface area contributed by atoms with Gasteiger partial charge in [0, 0.05) is 32.7 Å². The standard InChI is InChI=1S/C23H30N8O4S/c1-3-5-10-30-21-19(22-28-25-15-31(22)23(30)32)26-20(27-21)17-14-16(6-7-18(17)35-13-4-2)36(33,34)29-11-8-24-9-12-29/h6-7,14-15,24H,3-5,8-13H2,1-2H3,(H,26,27). The minimum atomic E-state index is -3.70. The molecule has 1 aromatic carbocycles. The first-order valence-corrected chi connectivity index (χ1v) is 13.7. The van der Waals surface area contributed by atoms with Crippen LogP contribution in [0.15, 0.2) is 34.2 Å². The Morgan fingerprint density at radius 3 is 2.67 bits per heavy atom. The minimum Gasteiger partial charge on any atom is -0.493 e. The molecule has 2 N–H and O–H groups in total. The topological polar surface area (TPSA) is 140 Å². The molecule has 4 aromatic rings. The summed E-state index contributed by atoms with van der Waals surface area (Å²) in [6.45, 7) is 7.03. The average Bonchev–Trinajstić information content (AvgIpc) is 3.56. The molecule has 13 heteroatoms. The minimum absolute atomic E-state index is 0.166. The van der Waals surface area contributed by atoms with E-state index in [1.807, 2.05) is 6.92 Å². The van der Waals surface area contributed by atoms with Gasteiger partial charge in [0.2, 0.25) is 10.0 Å². The zero-order valence-electron chi connectivity index (χ0n) is 20.4. The fourth-order valence-electron chi connectivity index (χ4n) is 4.35. The van der Waals surface area contributed by atoms with Crippen molar-refractivity contribution in [3.8, 4) is 17.1 Å². The molecule has 0 radical (unpaired) electrons. The van der Waals surface area contributed by atoms with Gasteiger partial charge in [0.05, 0.1) is 17.1 Å². The molecule has 0 atom stereocenters. The Morgan fingerprint density at radius 2 is 1.92 bits per heavy atom. The molecule has 1 aliphatic heterocycles. The molecule has 1 saturated heterocycles. The van der Waals surface area contributed by atoms with Crippen molar-refractivity contribution >= 4 is 26.8 Å². The highest BCUT2D eigenvalue weighted by molar-refractivity contribution is 7.89. The highest BCUT2D eigenvalue weighted by Crippen LogP contribution is 2.33. The summed E-state index contributed by atoms with van der Waals surface area (Å²) >= 11 is 0. The third kappa shape index (κ3) is 4.27. The second kappa shape index (κ2) is 9.99. The molecule has 3 aromatic heterocycles. The first kappa shape index (κ1) is 24.4. The molecule has 0 aliphatic carbocycles. The number of benzene rings is 1. The molecule has 0 bridgehead atoms. The summed E-state index contributed by atoms with van der Waals surface area (Å²) in [6, 6.07) is 4.84. The summed E-state index contributed by atoms with van der Waals surface area (Å²) in [5.41, 5.74) is 1.59. The van der Waals surface area contributed by atoms with E-state index < -0.39 is 10.0 Å². The van der Waals surface area contributed by atoms with Gasteiger partial charge in [-0.2, -0.15) is 4.31 Å². The summed E-state index contributed by atoms with van der Waals surface area (Å²) in [7, 11) is -3.70. The van der Waals surface area contributed by atoms with Crippen molar-refractivity contribution in [3.05, 3.63) is 35.0 Å². The average molecular weight is 515 g/mol. The fourth-order valence-corrected chi connectivity index (χ4v) is 5.82. The van der Waals surface area contributed by atoms with Crippen molar-refractivity contribution in [1.82, 2.24) is 38.8 Å². The van der Waals surface area contributed by atoms with Crippen LogP contribution in [-0.4, -0.2) is 74.6 Å². The summed E-state index contributed by atoms with van der Waals surface area (Å²) in [6.07, 6.45) is 3.88. The fraction of sp³-hybridized carbons (Fsp3) is 0.478. The molecule has 1 aliphatic rings. The number of imidazole rings is 1. The lowest BCUT2D eigenvalue weighted by Crippen LogP contribution is -2.46. The number of hydrogen-bond acceptors (Lipinski definition) is 8. The number of fused-ring (bicyclic) bond motifs is 3. The van der Waals surface area contributed by atoms with Crippen LogP contribution in [0.1, 0.15) is 33.1 Å². The normalized spacial score (nSPS) is 15.2. The van der Waals surface area contributed by atoms with E-state index in [1.54, 1.807) is 22.8 Å². The van der Waals surface area contributed by atoms with Crippen molar-refractivity contribution in [2.75, 3.05) is 32.8 Å². The van der Waals surface area contributed by atoms with E-state index in [9.17, 15) is 13.2 Å². The Balaban J connectivity index is 1.69. The maximum absolute atomic E-state index is 13.4. The number of H-pyrrole nitrogens is 1. The maximum Gasteiger partial charge on any atom is 0.336 e. The van der Waals surface area contributed by atoms with Gasteiger partial charge in [-0.25, -0.2) is 22.6 Å². The molecule has 5 rings (SSSR count). The van der Waals surface area contributed by atoms with Gasteiger partial charge in [0.15, 0.2) is 11.3 Å². The Morgan fingerprint density at radius 1 is 1.11 bits per heavy atom. The van der Waals surface area contributed by atoms with Gasteiger partial charge in [-0.15, -0.1) is 10.2 Å². The van der Waals surface area contributed by atoms with E-state index in [0.29, 0.717) is 73.3 Å². The number of nitrogens with zero attached hydrogens (tertiary/aromatic N) is 6. The Labute approximate surface area is 208 Å². The molecule has 12 nitrogen and oxygen atoms in total. The molecule has 0 unspecified atom stereocenters. The number of sulfonamides is 1. The number of hydrogen-bond donors (Lipinski definition) is 2. The summed E-state index contributed by atoms with van der Waals surface area (Å²) in [5, 5.41) is 11.2. The molecule has 0 amide bonds.